The van der Waals surface area contributed by atoms with Gasteiger partial charge in [-0.15, -0.1) is 0 Å². The molecular weight excluding hydrogens is 304 g/mol. The lowest BCUT2D eigenvalue weighted by molar-refractivity contribution is -0.144. The normalized spacial score (nSPS) is 38.8. The van der Waals surface area contributed by atoms with E-state index in [1.165, 1.54) is 6.92 Å². The van der Waals surface area contributed by atoms with E-state index in [2.05, 4.69) is 31.9 Å². The molecule has 5 heteroatoms. The molecule has 0 aliphatic heterocycles. The van der Waals surface area contributed by atoms with Gasteiger partial charge < -0.3 is 9.84 Å². The highest BCUT2D eigenvalue weighted by atomic mass is 79.9. The van der Waals surface area contributed by atoms with Crippen molar-refractivity contribution in [2.24, 2.45) is 0 Å². The molecule has 0 aromatic heterocycles. The summed E-state index contributed by atoms with van der Waals surface area (Å²) in [5, 5.41) is 9.40. The first-order chi connectivity index (χ1) is 6.02. The molecule has 0 saturated carbocycles. The molecule has 0 bridgehead atoms. The molecule has 0 heterocycles. The van der Waals surface area contributed by atoms with Crippen LogP contribution in [0.1, 0.15) is 6.92 Å². The van der Waals surface area contributed by atoms with Crippen LogP contribution in [0.4, 0.5) is 0 Å². The molecule has 13 heavy (non-hydrogen) atoms. The van der Waals surface area contributed by atoms with Crippen LogP contribution in [0.2, 0.25) is 0 Å². The lowest BCUT2D eigenvalue weighted by Crippen LogP contribution is -2.40. The summed E-state index contributed by atoms with van der Waals surface area (Å²) >= 11 is 6.66. The van der Waals surface area contributed by atoms with Crippen LogP contribution in [0.15, 0.2) is 12.2 Å². The van der Waals surface area contributed by atoms with Gasteiger partial charge in [0.2, 0.25) is 0 Å². The second-order valence-electron chi connectivity index (χ2n) is 2.84. The van der Waals surface area contributed by atoms with E-state index in [1.54, 1.807) is 12.2 Å². The molecular formula is C8H10Br2O3. The van der Waals surface area contributed by atoms with Crippen molar-refractivity contribution in [1.29, 1.82) is 0 Å². The Morgan fingerprint density at radius 3 is 2.54 bits per heavy atom. The van der Waals surface area contributed by atoms with Crippen molar-refractivity contribution < 1.29 is 14.6 Å². The fourth-order valence-corrected chi connectivity index (χ4v) is 2.18. The number of carbonyl (C=O) groups is 1. The Bertz CT molecular complexity index is 229. The number of aliphatic hydroxyl groups is 1. The average Bonchev–Trinajstić information content (AvgIpc) is 2.06. The molecule has 0 amide bonds. The van der Waals surface area contributed by atoms with E-state index in [0.29, 0.717) is 0 Å². The molecule has 0 unspecified atom stereocenters. The summed E-state index contributed by atoms with van der Waals surface area (Å²) in [6, 6.07) is 0. The molecule has 0 saturated heterocycles. The first kappa shape index (κ1) is 11.2. The maximum atomic E-state index is 10.7. The van der Waals surface area contributed by atoms with Crippen LogP contribution < -0.4 is 0 Å². The molecule has 74 valence electrons. The van der Waals surface area contributed by atoms with Crippen LogP contribution in [0.5, 0.6) is 0 Å². The van der Waals surface area contributed by atoms with Crippen LogP contribution >= 0.6 is 31.9 Å². The quantitative estimate of drug-likeness (QED) is 0.452. The summed E-state index contributed by atoms with van der Waals surface area (Å²) in [4.78, 5) is 10.5. The molecule has 0 radical (unpaired) electrons. The largest absolute Gasteiger partial charge is 0.457 e. The highest BCUT2D eigenvalue weighted by Gasteiger charge is 2.33. The van der Waals surface area contributed by atoms with E-state index < -0.39 is 6.10 Å². The van der Waals surface area contributed by atoms with Gasteiger partial charge in [0.1, 0.15) is 6.10 Å². The number of ether oxygens (including phenoxy) is 1. The predicted molar refractivity (Wildman–Crippen MR) is 56.1 cm³/mol. The number of carbonyl (C=O) groups excluding carboxylic acids is 1. The summed E-state index contributed by atoms with van der Waals surface area (Å²) in [6.45, 7) is 1.36. The minimum absolute atomic E-state index is 0.101. The number of hydrogen-bond donors (Lipinski definition) is 1. The third-order valence-electron chi connectivity index (χ3n) is 1.74. The van der Waals surface area contributed by atoms with Gasteiger partial charge >= 0.3 is 5.97 Å². The Labute approximate surface area is 93.4 Å². The molecule has 0 aromatic carbocycles. The third-order valence-corrected chi connectivity index (χ3v) is 4.66. The first-order valence-corrected chi connectivity index (χ1v) is 5.67. The van der Waals surface area contributed by atoms with Crippen LogP contribution in [-0.2, 0) is 9.53 Å². The number of hydrogen-bond acceptors (Lipinski definition) is 3. The number of alkyl halides is 2. The molecule has 1 aliphatic carbocycles. The molecule has 4 atom stereocenters. The SMILES string of the molecule is CC(=O)O[C@@H]1C=C[C@@H](O)[C@H](Br)[C@H]1Br. The maximum Gasteiger partial charge on any atom is 0.303 e. The minimum atomic E-state index is -0.545. The van der Waals surface area contributed by atoms with Gasteiger partial charge in [-0.2, -0.15) is 0 Å². The molecule has 0 aromatic rings. The summed E-state index contributed by atoms with van der Waals surface area (Å²) in [5.74, 6) is -0.324. The highest BCUT2D eigenvalue weighted by Crippen LogP contribution is 2.28. The number of rotatable bonds is 1. The van der Waals surface area contributed by atoms with Gasteiger partial charge in [0.25, 0.3) is 0 Å². The minimum Gasteiger partial charge on any atom is -0.457 e. The lowest BCUT2D eigenvalue weighted by Gasteiger charge is -2.29. The van der Waals surface area contributed by atoms with Crippen LogP contribution in [0.3, 0.4) is 0 Å². The van der Waals surface area contributed by atoms with E-state index in [9.17, 15) is 9.90 Å². The predicted octanol–water partition coefficient (Wildman–Crippen LogP) is 1.38. The number of aliphatic hydroxyl groups excluding tert-OH is 1. The van der Waals surface area contributed by atoms with Crippen molar-refractivity contribution in [2.45, 2.75) is 28.8 Å². The zero-order valence-corrected chi connectivity index (χ0v) is 10.2. The summed E-state index contributed by atoms with van der Waals surface area (Å²) in [7, 11) is 0. The smallest absolute Gasteiger partial charge is 0.303 e. The molecule has 1 N–H and O–H groups in total. The van der Waals surface area contributed by atoms with Gasteiger partial charge in [-0.25, -0.2) is 0 Å². The zero-order chi connectivity index (χ0) is 10.0. The maximum absolute atomic E-state index is 10.7. The van der Waals surface area contributed by atoms with Crippen molar-refractivity contribution in [3.8, 4) is 0 Å². The van der Waals surface area contributed by atoms with Crippen LogP contribution in [0, 0.1) is 0 Å². The van der Waals surface area contributed by atoms with E-state index in [4.69, 9.17) is 4.74 Å². The van der Waals surface area contributed by atoms with Gasteiger partial charge in [-0.3, -0.25) is 4.79 Å². The Hall–Kier alpha value is 0.130. The highest BCUT2D eigenvalue weighted by molar-refractivity contribution is 9.12. The van der Waals surface area contributed by atoms with Gasteiger partial charge in [0, 0.05) is 6.92 Å². The summed E-state index contributed by atoms with van der Waals surface area (Å²) < 4.78 is 5.01. The monoisotopic (exact) mass is 312 g/mol. The van der Waals surface area contributed by atoms with Gasteiger partial charge in [0.05, 0.1) is 15.8 Å². The van der Waals surface area contributed by atoms with Gasteiger partial charge in [0.15, 0.2) is 0 Å². The van der Waals surface area contributed by atoms with Crippen LogP contribution in [-0.4, -0.2) is 32.9 Å². The fraction of sp³-hybridized carbons (Fsp3) is 0.625. The second-order valence-corrected chi connectivity index (χ2v) is 4.95. The van der Waals surface area contributed by atoms with E-state index in [1.807, 2.05) is 0 Å². The second kappa shape index (κ2) is 4.57. The molecule has 0 spiro atoms. The fourth-order valence-electron chi connectivity index (χ4n) is 1.10. The molecule has 1 rings (SSSR count). The van der Waals surface area contributed by atoms with Crippen molar-refractivity contribution >= 4 is 37.8 Å². The zero-order valence-electron chi connectivity index (χ0n) is 6.98. The van der Waals surface area contributed by atoms with Crippen molar-refractivity contribution in [3.63, 3.8) is 0 Å². The third kappa shape index (κ3) is 2.79. The summed E-state index contributed by atoms with van der Waals surface area (Å²) in [5.41, 5.74) is 0. The van der Waals surface area contributed by atoms with Crippen molar-refractivity contribution in [3.05, 3.63) is 12.2 Å². The Morgan fingerprint density at radius 2 is 2.00 bits per heavy atom. The topological polar surface area (TPSA) is 46.5 Å². The Kier molecular flexibility index (Phi) is 3.94. The summed E-state index contributed by atoms with van der Waals surface area (Å²) in [6.07, 6.45) is 2.44. The number of halogens is 2. The van der Waals surface area contributed by atoms with E-state index >= 15 is 0 Å². The van der Waals surface area contributed by atoms with E-state index in [0.717, 1.165) is 0 Å². The average molecular weight is 314 g/mol. The lowest BCUT2D eigenvalue weighted by atomic mass is 10.0. The van der Waals surface area contributed by atoms with E-state index in [-0.39, 0.29) is 21.7 Å². The first-order valence-electron chi connectivity index (χ1n) is 3.84. The van der Waals surface area contributed by atoms with Crippen LogP contribution in [0.25, 0.3) is 0 Å². The van der Waals surface area contributed by atoms with Crippen molar-refractivity contribution in [1.82, 2.24) is 0 Å². The Balaban J connectivity index is 2.66. The van der Waals surface area contributed by atoms with Crippen molar-refractivity contribution in [2.75, 3.05) is 0 Å². The molecule has 3 nitrogen and oxygen atoms in total. The standard InChI is InChI=1S/C8H10Br2O3/c1-4(11)13-6-3-2-5(12)7(9)8(6)10/h2-3,5-8,12H,1H3/t5-,6-,7+,8+/m1/s1. The number of esters is 1. The Morgan fingerprint density at radius 1 is 1.38 bits per heavy atom. The van der Waals surface area contributed by atoms with Gasteiger partial charge in [-0.05, 0) is 6.08 Å². The van der Waals surface area contributed by atoms with Gasteiger partial charge in [-0.1, -0.05) is 37.9 Å². The molecule has 1 aliphatic rings. The molecule has 0 fully saturated rings.